The van der Waals surface area contributed by atoms with Gasteiger partial charge in [-0.3, -0.25) is 9.69 Å². The van der Waals surface area contributed by atoms with Crippen LogP contribution in [0.4, 0.5) is 10.2 Å². The number of hydrogen-bond donors (Lipinski definition) is 2. The predicted molar refractivity (Wildman–Crippen MR) is 147 cm³/mol. The number of aryl methyl sites for hydroxylation is 2. The van der Waals surface area contributed by atoms with Gasteiger partial charge in [0.05, 0.1) is 19.4 Å². The number of anilines is 1. The summed E-state index contributed by atoms with van der Waals surface area (Å²) in [4.78, 5) is 19.0. The molecule has 0 bridgehead atoms. The van der Waals surface area contributed by atoms with Crippen molar-refractivity contribution in [1.82, 2.24) is 15.0 Å². The highest BCUT2D eigenvalue weighted by atomic mass is 19.1. The molecule has 0 amide bonds. The third-order valence-corrected chi connectivity index (χ3v) is 7.68. The molecule has 5 rings (SSSR count). The third kappa shape index (κ3) is 6.79. The Morgan fingerprint density at radius 1 is 1.27 bits per heavy atom. The summed E-state index contributed by atoms with van der Waals surface area (Å²) in [5.74, 6) is -0.645. The van der Waals surface area contributed by atoms with Crippen LogP contribution in [-0.4, -0.2) is 65.6 Å². The number of unbranched alkanes of at least 4 members (excludes halogenated alkanes) is 2. The number of benzene rings is 1. The zero-order valence-electron chi connectivity index (χ0n) is 22.9. The van der Waals surface area contributed by atoms with Crippen LogP contribution < -0.4 is 10.1 Å². The lowest BCUT2D eigenvalue weighted by Crippen LogP contribution is -2.34. The molecule has 0 spiro atoms. The van der Waals surface area contributed by atoms with Crippen LogP contribution in [0.3, 0.4) is 0 Å². The Morgan fingerprint density at radius 3 is 2.98 bits per heavy atom. The fourth-order valence-electron chi connectivity index (χ4n) is 5.70. The van der Waals surface area contributed by atoms with Gasteiger partial charge in [0.1, 0.15) is 18.1 Å². The van der Waals surface area contributed by atoms with Gasteiger partial charge in [-0.25, -0.2) is 9.37 Å². The van der Waals surface area contributed by atoms with E-state index in [4.69, 9.17) is 19.0 Å². The van der Waals surface area contributed by atoms with Crippen LogP contribution in [0, 0.1) is 5.82 Å². The van der Waals surface area contributed by atoms with Gasteiger partial charge in [0.15, 0.2) is 11.6 Å². The van der Waals surface area contributed by atoms with Crippen molar-refractivity contribution in [2.45, 2.75) is 63.5 Å². The number of ether oxygens (including phenoxy) is 2. The molecule has 9 nitrogen and oxygen atoms in total. The number of rotatable bonds is 13. The molecule has 0 unspecified atom stereocenters. The first-order chi connectivity index (χ1) is 19.5. The van der Waals surface area contributed by atoms with Crippen LogP contribution in [0.5, 0.6) is 5.75 Å². The van der Waals surface area contributed by atoms with Crippen molar-refractivity contribution in [2.75, 3.05) is 38.7 Å². The molecule has 1 aromatic carbocycles. The van der Waals surface area contributed by atoms with Crippen molar-refractivity contribution >= 4 is 11.8 Å². The zero-order chi connectivity index (χ0) is 27.9. The van der Waals surface area contributed by atoms with E-state index >= 15 is 0 Å². The van der Waals surface area contributed by atoms with Crippen molar-refractivity contribution in [3.63, 3.8) is 0 Å². The number of carboxylic acid groups (broad SMARTS) is 1. The maximum absolute atomic E-state index is 15.0. The smallest absolute Gasteiger partial charge is 0.325 e. The van der Waals surface area contributed by atoms with E-state index in [-0.39, 0.29) is 11.9 Å². The number of carboxylic acids is 1. The molecule has 40 heavy (non-hydrogen) atoms. The molecule has 2 aliphatic rings. The van der Waals surface area contributed by atoms with E-state index in [0.717, 1.165) is 68.6 Å². The Labute approximate surface area is 233 Å². The Hall–Kier alpha value is -3.50. The van der Waals surface area contributed by atoms with E-state index in [0.29, 0.717) is 37.2 Å². The van der Waals surface area contributed by atoms with Gasteiger partial charge in [-0.15, -0.1) is 0 Å². The molecule has 1 fully saturated rings. The molecule has 0 saturated carbocycles. The van der Waals surface area contributed by atoms with Gasteiger partial charge in [-0.05, 0) is 67.9 Å². The van der Waals surface area contributed by atoms with Gasteiger partial charge in [0.25, 0.3) is 0 Å². The van der Waals surface area contributed by atoms with Gasteiger partial charge in [0, 0.05) is 49.5 Å². The quantitative estimate of drug-likeness (QED) is 0.289. The summed E-state index contributed by atoms with van der Waals surface area (Å²) in [5.41, 5.74) is 4.12. The van der Waals surface area contributed by atoms with E-state index in [2.05, 4.69) is 22.6 Å². The number of hydrogen-bond acceptors (Lipinski definition) is 8. The third-order valence-electron chi connectivity index (χ3n) is 7.68. The van der Waals surface area contributed by atoms with Crippen molar-refractivity contribution < 1.29 is 28.3 Å². The second-order valence-corrected chi connectivity index (χ2v) is 10.6. The first-order valence-corrected chi connectivity index (χ1v) is 14.1. The number of methoxy groups -OCH3 is 1. The van der Waals surface area contributed by atoms with Gasteiger partial charge < -0.3 is 24.4 Å². The molecule has 3 aromatic rings. The second kappa shape index (κ2) is 13.2. The second-order valence-electron chi connectivity index (χ2n) is 10.6. The first-order valence-electron chi connectivity index (χ1n) is 14.1. The summed E-state index contributed by atoms with van der Waals surface area (Å²) in [6.45, 7) is 2.62. The van der Waals surface area contributed by atoms with E-state index < -0.39 is 17.8 Å². The lowest BCUT2D eigenvalue weighted by atomic mass is 9.98. The number of halogens is 1. The van der Waals surface area contributed by atoms with Crippen LogP contribution in [0.25, 0.3) is 0 Å². The monoisotopic (exact) mass is 552 g/mol. The number of pyridine rings is 1. The van der Waals surface area contributed by atoms with E-state index in [1.54, 1.807) is 12.3 Å². The summed E-state index contributed by atoms with van der Waals surface area (Å²) in [7, 11) is 1.36. The van der Waals surface area contributed by atoms with Gasteiger partial charge in [-0.2, -0.15) is 0 Å². The number of fused-ring (bicyclic) bond motifs is 1. The normalized spacial score (nSPS) is 17.8. The predicted octanol–water partition coefficient (Wildman–Crippen LogP) is 4.80. The number of carbonyl (C=O) groups is 1. The van der Waals surface area contributed by atoms with Crippen LogP contribution >= 0.6 is 0 Å². The minimum atomic E-state index is -1.05. The highest BCUT2D eigenvalue weighted by Crippen LogP contribution is 2.36. The average molecular weight is 553 g/mol. The molecule has 1 saturated heterocycles. The first kappa shape index (κ1) is 28.0. The topological polar surface area (TPSA) is 110 Å². The Balaban J connectivity index is 1.12. The standard InChI is InChI=1S/C30H37FN4O5/c1-38-28-25(15-20(16-26(28)31)14-21-17-33-40-19-21)27(30(36)37)35-12-10-24(18-35)39-13-4-2-3-7-23-9-8-22-6-5-11-32-29(22)34-23/h8-9,15-17,19,24,27H,2-7,10-14,18H2,1H3,(H,32,34)(H,36,37)/t24-,27-/m1/s1. The maximum Gasteiger partial charge on any atom is 0.325 e. The summed E-state index contributed by atoms with van der Waals surface area (Å²) >= 11 is 0. The van der Waals surface area contributed by atoms with Gasteiger partial charge in [0.2, 0.25) is 0 Å². The number of nitrogens with zero attached hydrogens (tertiary/aromatic N) is 3. The van der Waals surface area contributed by atoms with Crippen molar-refractivity contribution in [3.05, 3.63) is 70.5 Å². The largest absolute Gasteiger partial charge is 0.493 e. The number of aromatic nitrogens is 2. The van der Waals surface area contributed by atoms with E-state index in [1.807, 2.05) is 4.90 Å². The Morgan fingerprint density at radius 2 is 2.17 bits per heavy atom. The minimum Gasteiger partial charge on any atom is -0.493 e. The molecule has 2 N–H and O–H groups in total. The van der Waals surface area contributed by atoms with E-state index in [1.165, 1.54) is 25.0 Å². The summed E-state index contributed by atoms with van der Waals surface area (Å²) < 4.78 is 31.3. The average Bonchev–Trinajstić information content (AvgIpc) is 3.63. The molecular weight excluding hydrogens is 515 g/mol. The molecule has 10 heteroatoms. The fraction of sp³-hybridized carbons (Fsp3) is 0.500. The molecule has 2 aromatic heterocycles. The SMILES string of the molecule is COc1c(F)cc(Cc2cnoc2)cc1[C@H](C(=O)O)N1CC[C@@H](OCCCCCc2ccc3c(n2)NCCC3)C1. The van der Waals surface area contributed by atoms with Crippen LogP contribution in [0.1, 0.15) is 66.1 Å². The summed E-state index contributed by atoms with van der Waals surface area (Å²) in [6, 6.07) is 6.36. The van der Waals surface area contributed by atoms with Gasteiger partial charge >= 0.3 is 5.97 Å². The highest BCUT2D eigenvalue weighted by Gasteiger charge is 2.36. The van der Waals surface area contributed by atoms with Crippen molar-refractivity contribution in [2.24, 2.45) is 0 Å². The van der Waals surface area contributed by atoms with Crippen LogP contribution in [0.15, 0.2) is 41.2 Å². The molecule has 0 radical (unpaired) electrons. The van der Waals surface area contributed by atoms with E-state index in [9.17, 15) is 14.3 Å². The molecule has 2 atom stereocenters. The Kier molecular flexibility index (Phi) is 9.28. The molecular formula is C30H37FN4O5. The molecule has 214 valence electrons. The minimum absolute atomic E-state index is 0.0463. The van der Waals surface area contributed by atoms with Crippen molar-refractivity contribution in [1.29, 1.82) is 0 Å². The lowest BCUT2D eigenvalue weighted by Gasteiger charge is -2.26. The summed E-state index contributed by atoms with van der Waals surface area (Å²) in [6.07, 6.45) is 10.3. The molecule has 2 aliphatic heterocycles. The number of aliphatic carboxylic acids is 1. The number of nitrogens with one attached hydrogen (secondary N) is 1. The fourth-order valence-corrected chi connectivity index (χ4v) is 5.70. The van der Waals surface area contributed by atoms with Crippen molar-refractivity contribution in [3.8, 4) is 5.75 Å². The van der Waals surface area contributed by atoms with Gasteiger partial charge in [-0.1, -0.05) is 17.6 Å². The Bertz CT molecular complexity index is 1290. The van der Waals surface area contributed by atoms with Crippen LogP contribution in [-0.2, 0) is 28.8 Å². The maximum atomic E-state index is 15.0. The highest BCUT2D eigenvalue weighted by molar-refractivity contribution is 5.77. The van der Waals surface area contributed by atoms with Crippen LogP contribution in [0.2, 0.25) is 0 Å². The number of likely N-dealkylation sites (tertiary alicyclic amines) is 1. The molecule has 0 aliphatic carbocycles. The summed E-state index contributed by atoms with van der Waals surface area (Å²) in [5, 5.41) is 17.2. The zero-order valence-corrected chi connectivity index (χ0v) is 22.9. The molecule has 4 heterocycles. The lowest BCUT2D eigenvalue weighted by molar-refractivity contribution is -0.143.